The standard InChI is InChI=1S/C18H22N4O/c23-18(22-15-9-5-2-6-10-15)16-11-17(21-13-20-16)19-12-14-7-3-1-4-8-14/h1,3-4,7-8,11,13,15H,2,5-6,9-10,12H2,(H,22,23)(H,19,20,21). The molecule has 1 fully saturated rings. The van der Waals surface area contributed by atoms with Gasteiger partial charge in [-0.3, -0.25) is 4.79 Å². The Hall–Kier alpha value is -2.43. The minimum absolute atomic E-state index is 0.109. The molecule has 1 aliphatic rings. The van der Waals surface area contributed by atoms with Gasteiger partial charge in [-0.05, 0) is 18.4 Å². The molecule has 2 N–H and O–H groups in total. The average Bonchev–Trinajstić information content (AvgIpc) is 2.62. The van der Waals surface area contributed by atoms with Crippen LogP contribution in [0.3, 0.4) is 0 Å². The van der Waals surface area contributed by atoms with E-state index < -0.39 is 0 Å². The summed E-state index contributed by atoms with van der Waals surface area (Å²) in [4.78, 5) is 20.6. The molecule has 0 unspecified atom stereocenters. The number of carbonyl (C=O) groups excluding carboxylic acids is 1. The Morgan fingerprint density at radius 2 is 1.87 bits per heavy atom. The Morgan fingerprint density at radius 3 is 2.65 bits per heavy atom. The van der Waals surface area contributed by atoms with E-state index in [1.165, 1.54) is 31.2 Å². The van der Waals surface area contributed by atoms with E-state index in [0.717, 1.165) is 12.8 Å². The van der Waals surface area contributed by atoms with E-state index in [1.807, 2.05) is 30.3 Å². The molecule has 5 heteroatoms. The lowest BCUT2D eigenvalue weighted by molar-refractivity contribution is 0.0922. The highest BCUT2D eigenvalue weighted by atomic mass is 16.1. The van der Waals surface area contributed by atoms with Crippen LogP contribution >= 0.6 is 0 Å². The quantitative estimate of drug-likeness (QED) is 0.890. The van der Waals surface area contributed by atoms with Gasteiger partial charge in [0.25, 0.3) is 5.91 Å². The average molecular weight is 310 g/mol. The smallest absolute Gasteiger partial charge is 0.270 e. The van der Waals surface area contributed by atoms with Crippen molar-refractivity contribution in [1.82, 2.24) is 15.3 Å². The van der Waals surface area contributed by atoms with Gasteiger partial charge in [0.1, 0.15) is 17.8 Å². The van der Waals surface area contributed by atoms with E-state index in [0.29, 0.717) is 18.1 Å². The van der Waals surface area contributed by atoms with Gasteiger partial charge >= 0.3 is 0 Å². The van der Waals surface area contributed by atoms with Gasteiger partial charge in [-0.1, -0.05) is 49.6 Å². The van der Waals surface area contributed by atoms with Crippen molar-refractivity contribution in [3.8, 4) is 0 Å². The molecule has 3 rings (SSSR count). The highest BCUT2D eigenvalue weighted by Crippen LogP contribution is 2.18. The molecule has 0 aliphatic heterocycles. The third kappa shape index (κ3) is 4.52. The van der Waals surface area contributed by atoms with E-state index in [4.69, 9.17) is 0 Å². The first-order valence-electron chi connectivity index (χ1n) is 8.22. The number of amides is 1. The number of nitrogens with zero attached hydrogens (tertiary/aromatic N) is 2. The van der Waals surface area contributed by atoms with Crippen LogP contribution in [0.1, 0.15) is 48.2 Å². The summed E-state index contributed by atoms with van der Waals surface area (Å²) in [6, 6.07) is 12.1. The molecule has 0 atom stereocenters. The lowest BCUT2D eigenvalue weighted by atomic mass is 9.95. The minimum Gasteiger partial charge on any atom is -0.366 e. The molecule has 0 spiro atoms. The maximum absolute atomic E-state index is 12.3. The molecule has 1 aromatic heterocycles. The van der Waals surface area contributed by atoms with Gasteiger partial charge in [-0.15, -0.1) is 0 Å². The van der Waals surface area contributed by atoms with Crippen LogP contribution in [0, 0.1) is 0 Å². The Balaban J connectivity index is 1.59. The molecule has 0 bridgehead atoms. The van der Waals surface area contributed by atoms with Crippen LogP contribution in [0.5, 0.6) is 0 Å². The number of nitrogens with one attached hydrogen (secondary N) is 2. The van der Waals surface area contributed by atoms with E-state index in [-0.39, 0.29) is 11.9 Å². The van der Waals surface area contributed by atoms with Crippen molar-refractivity contribution < 1.29 is 4.79 Å². The molecule has 1 heterocycles. The van der Waals surface area contributed by atoms with E-state index >= 15 is 0 Å². The predicted molar refractivity (Wildman–Crippen MR) is 90.1 cm³/mol. The molecular formula is C18H22N4O. The molecule has 2 aromatic rings. The zero-order valence-corrected chi connectivity index (χ0v) is 13.2. The van der Waals surface area contributed by atoms with Crippen LogP contribution in [-0.2, 0) is 6.54 Å². The number of hydrogen-bond donors (Lipinski definition) is 2. The number of rotatable bonds is 5. The first-order valence-corrected chi connectivity index (χ1v) is 8.22. The fourth-order valence-corrected chi connectivity index (χ4v) is 2.87. The summed E-state index contributed by atoms with van der Waals surface area (Å²) in [5.74, 6) is 0.555. The van der Waals surface area contributed by atoms with Gasteiger partial charge in [0, 0.05) is 18.7 Å². The van der Waals surface area contributed by atoms with Gasteiger partial charge < -0.3 is 10.6 Å². The van der Waals surface area contributed by atoms with Gasteiger partial charge in [-0.25, -0.2) is 9.97 Å². The van der Waals surface area contributed by atoms with Crippen LogP contribution < -0.4 is 10.6 Å². The summed E-state index contributed by atoms with van der Waals surface area (Å²) >= 11 is 0. The summed E-state index contributed by atoms with van der Waals surface area (Å²) in [5.41, 5.74) is 1.58. The van der Waals surface area contributed by atoms with E-state index in [2.05, 4.69) is 20.6 Å². The van der Waals surface area contributed by atoms with Gasteiger partial charge in [-0.2, -0.15) is 0 Å². The van der Waals surface area contributed by atoms with Gasteiger partial charge in [0.15, 0.2) is 0 Å². The zero-order chi connectivity index (χ0) is 15.9. The molecule has 0 radical (unpaired) electrons. The van der Waals surface area contributed by atoms with Crippen LogP contribution in [0.2, 0.25) is 0 Å². The monoisotopic (exact) mass is 310 g/mol. The minimum atomic E-state index is -0.109. The largest absolute Gasteiger partial charge is 0.366 e. The maximum atomic E-state index is 12.3. The highest BCUT2D eigenvalue weighted by Gasteiger charge is 2.17. The molecule has 5 nitrogen and oxygen atoms in total. The van der Waals surface area contributed by atoms with E-state index in [9.17, 15) is 4.79 Å². The third-order valence-corrected chi connectivity index (χ3v) is 4.16. The number of carbonyl (C=O) groups is 1. The molecular weight excluding hydrogens is 288 g/mol. The summed E-state index contributed by atoms with van der Waals surface area (Å²) < 4.78 is 0. The lowest BCUT2D eigenvalue weighted by Gasteiger charge is -2.22. The summed E-state index contributed by atoms with van der Waals surface area (Å²) in [5, 5.41) is 6.31. The molecule has 1 aliphatic carbocycles. The summed E-state index contributed by atoms with van der Waals surface area (Å²) in [6.07, 6.45) is 7.22. The molecule has 23 heavy (non-hydrogen) atoms. The number of anilines is 1. The van der Waals surface area contributed by atoms with Crippen molar-refractivity contribution in [2.45, 2.75) is 44.7 Å². The van der Waals surface area contributed by atoms with Crippen LogP contribution in [0.25, 0.3) is 0 Å². The molecule has 1 amide bonds. The van der Waals surface area contributed by atoms with Crippen molar-refractivity contribution in [3.05, 3.63) is 54.0 Å². The lowest BCUT2D eigenvalue weighted by Crippen LogP contribution is -2.36. The Kier molecular flexibility index (Phi) is 5.19. The second kappa shape index (κ2) is 7.72. The Labute approximate surface area is 136 Å². The number of benzene rings is 1. The molecule has 120 valence electrons. The van der Waals surface area contributed by atoms with Crippen molar-refractivity contribution in [3.63, 3.8) is 0 Å². The fourth-order valence-electron chi connectivity index (χ4n) is 2.87. The molecule has 0 saturated heterocycles. The zero-order valence-electron chi connectivity index (χ0n) is 13.2. The number of hydrogen-bond acceptors (Lipinski definition) is 4. The van der Waals surface area contributed by atoms with Crippen molar-refractivity contribution in [2.24, 2.45) is 0 Å². The maximum Gasteiger partial charge on any atom is 0.270 e. The first kappa shape index (κ1) is 15.5. The highest BCUT2D eigenvalue weighted by molar-refractivity contribution is 5.93. The van der Waals surface area contributed by atoms with Crippen LogP contribution in [-0.4, -0.2) is 21.9 Å². The normalized spacial score (nSPS) is 15.1. The first-order chi connectivity index (χ1) is 11.3. The number of aromatic nitrogens is 2. The van der Waals surface area contributed by atoms with Crippen molar-refractivity contribution in [2.75, 3.05) is 5.32 Å². The van der Waals surface area contributed by atoms with Crippen LogP contribution in [0.4, 0.5) is 5.82 Å². The Morgan fingerprint density at radius 1 is 1.09 bits per heavy atom. The summed E-state index contributed by atoms with van der Waals surface area (Å²) in [6.45, 7) is 0.668. The second-order valence-corrected chi connectivity index (χ2v) is 5.94. The topological polar surface area (TPSA) is 66.9 Å². The fraction of sp³-hybridized carbons (Fsp3) is 0.389. The van der Waals surface area contributed by atoms with Crippen molar-refractivity contribution in [1.29, 1.82) is 0 Å². The van der Waals surface area contributed by atoms with Gasteiger partial charge in [0.2, 0.25) is 0 Å². The van der Waals surface area contributed by atoms with Crippen molar-refractivity contribution >= 4 is 11.7 Å². The predicted octanol–water partition coefficient (Wildman–Crippen LogP) is 3.15. The second-order valence-electron chi connectivity index (χ2n) is 5.94. The summed E-state index contributed by atoms with van der Waals surface area (Å²) in [7, 11) is 0. The van der Waals surface area contributed by atoms with Gasteiger partial charge in [0.05, 0.1) is 0 Å². The third-order valence-electron chi connectivity index (χ3n) is 4.16. The SMILES string of the molecule is O=C(NC1CCCCC1)c1cc(NCc2ccccc2)ncn1. The molecule has 1 aromatic carbocycles. The molecule has 1 saturated carbocycles. The van der Waals surface area contributed by atoms with Crippen LogP contribution in [0.15, 0.2) is 42.7 Å². The van der Waals surface area contributed by atoms with E-state index in [1.54, 1.807) is 6.07 Å². The Bertz CT molecular complexity index is 638.